The van der Waals surface area contributed by atoms with Gasteiger partial charge in [0.1, 0.15) is 0 Å². The summed E-state index contributed by atoms with van der Waals surface area (Å²) in [6.07, 6.45) is 0.207. The largest absolute Gasteiger partial charge is 0.478 e. The van der Waals surface area contributed by atoms with Crippen LogP contribution in [-0.2, 0) is 9.59 Å². The number of carboxylic acid groups (broad SMARTS) is 2. The van der Waals surface area contributed by atoms with Gasteiger partial charge in [0, 0.05) is 12.3 Å². The number of aliphatic hydroxyl groups is 3. The van der Waals surface area contributed by atoms with Crippen LogP contribution < -0.4 is 0 Å². The van der Waals surface area contributed by atoms with Gasteiger partial charge in [0.25, 0.3) is 0 Å². The van der Waals surface area contributed by atoms with Crippen LogP contribution in [0.2, 0.25) is 0 Å². The van der Waals surface area contributed by atoms with Crippen molar-refractivity contribution in [3.63, 3.8) is 0 Å². The van der Waals surface area contributed by atoms with Crippen LogP contribution in [0.25, 0.3) is 0 Å². The van der Waals surface area contributed by atoms with Gasteiger partial charge in [0.05, 0.1) is 30.0 Å². The Labute approximate surface area is 134 Å². The second kappa shape index (κ2) is 8.81. The topological polar surface area (TPSA) is 135 Å². The van der Waals surface area contributed by atoms with Gasteiger partial charge in [0.2, 0.25) is 0 Å². The van der Waals surface area contributed by atoms with Crippen molar-refractivity contribution in [3.05, 3.63) is 22.8 Å². The molecule has 0 radical (unpaired) electrons. The number of aliphatic hydroxyl groups excluding tert-OH is 3. The second-order valence-electron chi connectivity index (χ2n) is 5.70. The summed E-state index contributed by atoms with van der Waals surface area (Å²) in [4.78, 5) is 23.2. The quantitative estimate of drug-likeness (QED) is 0.469. The number of aliphatic carboxylic acids is 2. The van der Waals surface area contributed by atoms with Crippen molar-refractivity contribution in [3.8, 4) is 0 Å². The third-order valence-corrected chi connectivity index (χ3v) is 4.15. The molecule has 0 saturated heterocycles. The molecule has 130 valence electrons. The molecular formula is C16H24O7. The summed E-state index contributed by atoms with van der Waals surface area (Å²) >= 11 is 0. The fraction of sp³-hybridized carbons (Fsp3) is 0.625. The third kappa shape index (κ3) is 4.89. The summed E-state index contributed by atoms with van der Waals surface area (Å²) < 4.78 is 0. The lowest BCUT2D eigenvalue weighted by Crippen LogP contribution is -2.28. The fourth-order valence-corrected chi connectivity index (χ4v) is 3.00. The van der Waals surface area contributed by atoms with Crippen LogP contribution in [0.1, 0.15) is 39.0 Å². The van der Waals surface area contributed by atoms with Crippen LogP contribution >= 0.6 is 0 Å². The minimum absolute atomic E-state index is 0.151. The van der Waals surface area contributed by atoms with Crippen LogP contribution in [0.15, 0.2) is 22.8 Å². The predicted octanol–water partition coefficient (Wildman–Crippen LogP) is 0.693. The fourth-order valence-electron chi connectivity index (χ4n) is 3.00. The van der Waals surface area contributed by atoms with Crippen molar-refractivity contribution in [2.45, 2.75) is 51.2 Å². The van der Waals surface area contributed by atoms with E-state index in [1.807, 2.05) is 6.92 Å². The lowest BCUT2D eigenvalue weighted by molar-refractivity contribution is -0.137. The Bertz CT molecular complexity index is 507. The van der Waals surface area contributed by atoms with E-state index in [0.717, 1.165) is 0 Å². The van der Waals surface area contributed by atoms with E-state index in [1.165, 1.54) is 6.08 Å². The number of rotatable bonds is 5. The van der Waals surface area contributed by atoms with Crippen LogP contribution in [-0.4, -0.2) is 56.3 Å². The number of hydrogen-bond donors (Lipinski definition) is 5. The molecule has 3 unspecified atom stereocenters. The highest BCUT2D eigenvalue weighted by molar-refractivity contribution is 5.99. The number of carbonyl (C=O) groups is 2. The van der Waals surface area contributed by atoms with Gasteiger partial charge >= 0.3 is 11.9 Å². The van der Waals surface area contributed by atoms with Gasteiger partial charge in [-0.15, -0.1) is 0 Å². The van der Waals surface area contributed by atoms with E-state index >= 15 is 0 Å². The molecule has 0 saturated carbocycles. The van der Waals surface area contributed by atoms with Crippen LogP contribution in [0, 0.1) is 5.92 Å². The first-order valence-corrected chi connectivity index (χ1v) is 7.68. The molecule has 0 aliphatic heterocycles. The van der Waals surface area contributed by atoms with Crippen molar-refractivity contribution < 1.29 is 35.1 Å². The zero-order chi connectivity index (χ0) is 17.6. The zero-order valence-corrected chi connectivity index (χ0v) is 13.1. The van der Waals surface area contributed by atoms with Crippen molar-refractivity contribution in [1.29, 1.82) is 0 Å². The highest BCUT2D eigenvalue weighted by atomic mass is 16.4. The molecule has 0 aromatic rings. The number of carboxylic acids is 2. The summed E-state index contributed by atoms with van der Waals surface area (Å²) in [6, 6.07) is 0. The molecule has 23 heavy (non-hydrogen) atoms. The average Bonchev–Trinajstić information content (AvgIpc) is 2.52. The van der Waals surface area contributed by atoms with Gasteiger partial charge in [0.15, 0.2) is 0 Å². The Morgan fingerprint density at radius 1 is 1.17 bits per heavy atom. The number of hydrogen-bond acceptors (Lipinski definition) is 5. The minimum Gasteiger partial charge on any atom is -0.478 e. The van der Waals surface area contributed by atoms with Gasteiger partial charge in [-0.05, 0) is 24.8 Å². The Morgan fingerprint density at radius 3 is 2.30 bits per heavy atom. The molecule has 0 spiro atoms. The van der Waals surface area contributed by atoms with Crippen molar-refractivity contribution in [1.82, 2.24) is 0 Å². The summed E-state index contributed by atoms with van der Waals surface area (Å²) in [7, 11) is 0. The molecule has 0 aromatic heterocycles. The molecule has 0 aromatic carbocycles. The van der Waals surface area contributed by atoms with Crippen LogP contribution in [0.3, 0.4) is 0 Å². The monoisotopic (exact) mass is 328 g/mol. The molecule has 1 rings (SSSR count). The molecule has 1 aliphatic carbocycles. The molecule has 0 amide bonds. The van der Waals surface area contributed by atoms with Gasteiger partial charge in [-0.3, -0.25) is 0 Å². The van der Waals surface area contributed by atoms with Gasteiger partial charge in [-0.1, -0.05) is 19.4 Å². The third-order valence-electron chi connectivity index (χ3n) is 4.15. The molecule has 7 heteroatoms. The Balaban J connectivity index is 3.50. The maximum atomic E-state index is 11.7. The molecule has 0 fully saturated rings. The molecule has 1 aliphatic rings. The molecular weight excluding hydrogens is 304 g/mol. The Morgan fingerprint density at radius 2 is 1.83 bits per heavy atom. The van der Waals surface area contributed by atoms with E-state index < -0.39 is 30.1 Å². The lowest BCUT2D eigenvalue weighted by atomic mass is 9.84. The Hall–Kier alpha value is -1.70. The minimum atomic E-state index is -1.39. The smallest absolute Gasteiger partial charge is 0.332 e. The first kappa shape index (κ1) is 19.3. The first-order chi connectivity index (χ1) is 10.8. The highest BCUT2D eigenvalue weighted by Crippen LogP contribution is 2.33. The van der Waals surface area contributed by atoms with E-state index in [1.54, 1.807) is 0 Å². The van der Waals surface area contributed by atoms with Gasteiger partial charge < -0.3 is 25.5 Å². The first-order valence-electron chi connectivity index (χ1n) is 7.68. The normalized spacial score (nSPS) is 28.2. The van der Waals surface area contributed by atoms with Crippen molar-refractivity contribution in [2.24, 2.45) is 5.92 Å². The van der Waals surface area contributed by atoms with E-state index in [9.17, 15) is 30.0 Å². The van der Waals surface area contributed by atoms with E-state index in [-0.39, 0.29) is 42.6 Å². The molecule has 0 bridgehead atoms. The maximum Gasteiger partial charge on any atom is 0.332 e. The highest BCUT2D eigenvalue weighted by Gasteiger charge is 2.34. The summed E-state index contributed by atoms with van der Waals surface area (Å²) in [6.45, 7) is 1.44. The Kier molecular flexibility index (Phi) is 7.41. The summed E-state index contributed by atoms with van der Waals surface area (Å²) in [5.41, 5.74) is -0.409. The van der Waals surface area contributed by atoms with Crippen molar-refractivity contribution in [2.75, 3.05) is 6.61 Å². The summed E-state index contributed by atoms with van der Waals surface area (Å²) in [5, 5.41) is 48.4. The lowest BCUT2D eigenvalue weighted by Gasteiger charge is -2.24. The van der Waals surface area contributed by atoms with E-state index in [2.05, 4.69) is 0 Å². The maximum absolute atomic E-state index is 11.7. The molecule has 5 N–H and O–H groups in total. The van der Waals surface area contributed by atoms with E-state index in [4.69, 9.17) is 5.11 Å². The second-order valence-corrected chi connectivity index (χ2v) is 5.70. The van der Waals surface area contributed by atoms with Gasteiger partial charge in [-0.2, -0.15) is 0 Å². The molecule has 7 nitrogen and oxygen atoms in total. The van der Waals surface area contributed by atoms with Crippen molar-refractivity contribution >= 4 is 11.9 Å². The molecule has 3 atom stereocenters. The molecule has 0 heterocycles. The van der Waals surface area contributed by atoms with Crippen LogP contribution in [0.4, 0.5) is 0 Å². The average molecular weight is 328 g/mol. The zero-order valence-electron chi connectivity index (χ0n) is 13.1. The van der Waals surface area contributed by atoms with Gasteiger partial charge in [-0.25, -0.2) is 9.59 Å². The van der Waals surface area contributed by atoms with E-state index in [0.29, 0.717) is 12.8 Å². The SMILES string of the molecule is CCCC1C(C(=O)O)=C(C(=O)O)CC(=CCO)C(O)CCC1O. The van der Waals surface area contributed by atoms with Crippen LogP contribution in [0.5, 0.6) is 0 Å². The predicted molar refractivity (Wildman–Crippen MR) is 81.7 cm³/mol. The summed E-state index contributed by atoms with van der Waals surface area (Å²) in [5.74, 6) is -3.57. The standard InChI is InChI=1S/C16H24O7/c1-2-3-10-13(19)5-4-12(18)9(6-7-17)8-11(15(20)21)14(10)16(22)23/h6,10,12-13,17-19H,2-5,7-8H2,1H3,(H,20,21)(H,22,23).